The van der Waals surface area contributed by atoms with Crippen molar-refractivity contribution in [3.05, 3.63) is 42.5 Å². The normalized spacial score (nSPS) is 11.0. The van der Waals surface area contributed by atoms with Crippen LogP contribution in [0.15, 0.2) is 47.4 Å². The minimum atomic E-state index is -3.75. The van der Waals surface area contributed by atoms with Crippen LogP contribution in [0.4, 0.5) is 11.4 Å². The quantitative estimate of drug-likeness (QED) is 0.674. The molecule has 0 fully saturated rings. The summed E-state index contributed by atoms with van der Waals surface area (Å²) in [5.74, 6) is 0.304. The maximum atomic E-state index is 12.6. The van der Waals surface area contributed by atoms with E-state index in [1.807, 2.05) is 18.4 Å². The number of para-hydroxylation sites is 1. The number of hydrogen-bond donors (Lipinski definition) is 1. The van der Waals surface area contributed by atoms with Gasteiger partial charge in [-0.15, -0.1) is 11.8 Å². The van der Waals surface area contributed by atoms with Crippen molar-refractivity contribution < 1.29 is 22.7 Å². The Morgan fingerprint density at radius 3 is 2.44 bits per heavy atom. The molecule has 0 saturated carbocycles. The molecule has 2 aromatic rings. The van der Waals surface area contributed by atoms with Gasteiger partial charge < -0.3 is 14.8 Å². The zero-order chi connectivity index (χ0) is 20.0. The number of anilines is 2. The first-order chi connectivity index (χ1) is 12.8. The Kier molecular flexibility index (Phi) is 6.98. The Hall–Kier alpha value is -2.39. The van der Waals surface area contributed by atoms with Gasteiger partial charge in [-0.1, -0.05) is 12.1 Å². The molecule has 7 nitrogen and oxygen atoms in total. The van der Waals surface area contributed by atoms with E-state index in [-0.39, 0.29) is 5.69 Å². The molecule has 0 radical (unpaired) electrons. The van der Waals surface area contributed by atoms with Crippen LogP contribution in [0.5, 0.6) is 11.5 Å². The third kappa shape index (κ3) is 5.30. The lowest BCUT2D eigenvalue weighted by Gasteiger charge is -2.24. The molecular weight excluding hydrogens is 388 g/mol. The molecule has 1 N–H and O–H groups in total. The molecule has 146 valence electrons. The Morgan fingerprint density at radius 2 is 1.85 bits per heavy atom. The summed E-state index contributed by atoms with van der Waals surface area (Å²) in [5.41, 5.74) is 0.855. The highest BCUT2D eigenvalue weighted by molar-refractivity contribution is 7.98. The smallest absolute Gasteiger partial charge is 0.245 e. The second kappa shape index (κ2) is 9.01. The van der Waals surface area contributed by atoms with Crippen molar-refractivity contribution in [3.63, 3.8) is 0 Å². The number of nitrogens with one attached hydrogen (secondary N) is 1. The lowest BCUT2D eigenvalue weighted by atomic mass is 10.2. The van der Waals surface area contributed by atoms with Gasteiger partial charge in [-0.3, -0.25) is 9.10 Å². The average molecular weight is 411 g/mol. The molecule has 0 spiro atoms. The number of benzene rings is 2. The van der Waals surface area contributed by atoms with Crippen molar-refractivity contribution in [2.45, 2.75) is 4.90 Å². The van der Waals surface area contributed by atoms with E-state index in [0.717, 1.165) is 15.5 Å². The molecule has 0 saturated heterocycles. The molecule has 9 heteroatoms. The van der Waals surface area contributed by atoms with Gasteiger partial charge in [-0.2, -0.15) is 0 Å². The largest absolute Gasteiger partial charge is 0.497 e. The van der Waals surface area contributed by atoms with E-state index in [9.17, 15) is 13.2 Å². The number of ether oxygens (including phenoxy) is 2. The van der Waals surface area contributed by atoms with Crippen LogP contribution >= 0.6 is 11.8 Å². The van der Waals surface area contributed by atoms with Crippen molar-refractivity contribution in [2.24, 2.45) is 0 Å². The zero-order valence-electron chi connectivity index (χ0n) is 15.6. The van der Waals surface area contributed by atoms with Crippen LogP contribution in [0, 0.1) is 0 Å². The lowest BCUT2D eigenvalue weighted by Crippen LogP contribution is -2.37. The maximum absolute atomic E-state index is 12.6. The SMILES string of the molecule is COc1ccc(OC)c(N(CC(=O)Nc2ccccc2SC)S(C)(=O)=O)c1. The molecular formula is C18H22N2O5S2. The van der Waals surface area contributed by atoms with Crippen LogP contribution in [0.1, 0.15) is 0 Å². The van der Waals surface area contributed by atoms with Gasteiger partial charge in [-0.25, -0.2) is 8.42 Å². The van der Waals surface area contributed by atoms with E-state index in [1.54, 1.807) is 24.3 Å². The third-order valence-corrected chi connectivity index (χ3v) is 5.65. The second-order valence-corrected chi connectivity index (χ2v) is 8.31. The highest BCUT2D eigenvalue weighted by Gasteiger charge is 2.25. The Labute approximate surface area is 163 Å². The minimum absolute atomic E-state index is 0.229. The molecule has 0 aromatic heterocycles. The molecule has 0 heterocycles. The number of sulfonamides is 1. The van der Waals surface area contributed by atoms with Gasteiger partial charge in [0.15, 0.2) is 0 Å². The fraction of sp³-hybridized carbons (Fsp3) is 0.278. The Bertz CT molecular complexity index is 916. The molecule has 0 aliphatic rings. The highest BCUT2D eigenvalue weighted by atomic mass is 32.2. The van der Waals surface area contributed by atoms with E-state index >= 15 is 0 Å². The van der Waals surface area contributed by atoms with Crippen molar-refractivity contribution in [3.8, 4) is 11.5 Å². The summed E-state index contributed by atoms with van der Waals surface area (Å²) in [7, 11) is -0.841. The highest BCUT2D eigenvalue weighted by Crippen LogP contribution is 2.34. The van der Waals surface area contributed by atoms with Crippen LogP contribution < -0.4 is 19.1 Å². The van der Waals surface area contributed by atoms with Gasteiger partial charge in [0.25, 0.3) is 0 Å². The number of amides is 1. The fourth-order valence-corrected chi connectivity index (χ4v) is 3.85. The van der Waals surface area contributed by atoms with E-state index in [2.05, 4.69) is 5.32 Å². The van der Waals surface area contributed by atoms with E-state index in [1.165, 1.54) is 32.0 Å². The topological polar surface area (TPSA) is 84.9 Å². The van der Waals surface area contributed by atoms with Crippen molar-refractivity contribution >= 4 is 39.1 Å². The molecule has 0 bridgehead atoms. The average Bonchev–Trinajstić information content (AvgIpc) is 2.65. The molecule has 0 unspecified atom stereocenters. The number of carbonyl (C=O) groups excluding carboxylic acids is 1. The minimum Gasteiger partial charge on any atom is -0.497 e. The van der Waals surface area contributed by atoms with Crippen LogP contribution in [0.2, 0.25) is 0 Å². The monoisotopic (exact) mass is 410 g/mol. The molecule has 27 heavy (non-hydrogen) atoms. The van der Waals surface area contributed by atoms with Crippen molar-refractivity contribution in [2.75, 3.05) is 42.9 Å². The maximum Gasteiger partial charge on any atom is 0.245 e. The number of carbonyl (C=O) groups is 1. The first kappa shape index (κ1) is 20.9. The van der Waals surface area contributed by atoms with Gasteiger partial charge in [0.2, 0.25) is 15.9 Å². The number of rotatable bonds is 8. The molecule has 0 aliphatic carbocycles. The van der Waals surface area contributed by atoms with Crippen LogP contribution in [0.25, 0.3) is 0 Å². The molecule has 0 atom stereocenters. The van der Waals surface area contributed by atoms with Gasteiger partial charge in [0, 0.05) is 11.0 Å². The summed E-state index contributed by atoms with van der Waals surface area (Å²) < 4.78 is 36.1. The number of methoxy groups -OCH3 is 2. The standard InChI is InChI=1S/C18H22N2O5S2/c1-24-13-9-10-16(25-2)15(11-13)20(27(4,22)23)12-18(21)19-14-7-5-6-8-17(14)26-3/h5-11H,12H2,1-4H3,(H,19,21). The summed E-state index contributed by atoms with van der Waals surface area (Å²) in [4.78, 5) is 13.5. The first-order valence-electron chi connectivity index (χ1n) is 7.92. The summed E-state index contributed by atoms with van der Waals surface area (Å²) in [6.45, 7) is -0.398. The first-order valence-corrected chi connectivity index (χ1v) is 11.0. The lowest BCUT2D eigenvalue weighted by molar-refractivity contribution is -0.114. The molecule has 0 aliphatic heterocycles. The summed E-state index contributed by atoms with van der Waals surface area (Å²) in [6.07, 6.45) is 2.93. The predicted molar refractivity (Wildman–Crippen MR) is 109 cm³/mol. The van der Waals surface area contributed by atoms with Crippen LogP contribution in [0.3, 0.4) is 0 Å². The van der Waals surface area contributed by atoms with Crippen molar-refractivity contribution in [1.29, 1.82) is 0 Å². The van der Waals surface area contributed by atoms with Gasteiger partial charge in [0.05, 0.1) is 31.9 Å². The predicted octanol–water partition coefficient (Wildman–Crippen LogP) is 2.83. The van der Waals surface area contributed by atoms with Gasteiger partial charge >= 0.3 is 0 Å². The summed E-state index contributed by atoms with van der Waals surface area (Å²) in [6, 6.07) is 12.1. The Morgan fingerprint density at radius 1 is 1.15 bits per heavy atom. The molecule has 1 amide bonds. The third-order valence-electron chi connectivity index (χ3n) is 3.72. The van der Waals surface area contributed by atoms with Gasteiger partial charge in [-0.05, 0) is 30.5 Å². The molecule has 2 aromatic carbocycles. The number of nitrogens with zero attached hydrogens (tertiary/aromatic N) is 1. The summed E-state index contributed by atoms with van der Waals surface area (Å²) in [5, 5.41) is 2.76. The van der Waals surface area contributed by atoms with E-state index in [4.69, 9.17) is 9.47 Å². The second-order valence-electron chi connectivity index (χ2n) is 5.56. The van der Waals surface area contributed by atoms with E-state index in [0.29, 0.717) is 17.2 Å². The Balaban J connectivity index is 2.35. The number of thioether (sulfide) groups is 1. The fourth-order valence-electron chi connectivity index (χ4n) is 2.44. The summed E-state index contributed by atoms with van der Waals surface area (Å²) >= 11 is 1.49. The van der Waals surface area contributed by atoms with Crippen LogP contribution in [-0.2, 0) is 14.8 Å². The van der Waals surface area contributed by atoms with Crippen LogP contribution in [-0.4, -0.2) is 47.6 Å². The zero-order valence-corrected chi connectivity index (χ0v) is 17.2. The molecule has 2 rings (SSSR count). The van der Waals surface area contributed by atoms with E-state index < -0.39 is 22.5 Å². The number of hydrogen-bond acceptors (Lipinski definition) is 6. The van der Waals surface area contributed by atoms with Gasteiger partial charge in [0.1, 0.15) is 18.0 Å². The van der Waals surface area contributed by atoms with Crippen molar-refractivity contribution in [1.82, 2.24) is 0 Å².